The molecule has 1 aromatic heterocycles. The molecule has 2 aromatic rings. The van der Waals surface area contributed by atoms with Crippen LogP contribution in [0.5, 0.6) is 0 Å². The number of aromatic nitrogens is 2. The van der Waals surface area contributed by atoms with Crippen molar-refractivity contribution in [3.63, 3.8) is 0 Å². The average molecular weight is 287 g/mol. The van der Waals surface area contributed by atoms with Crippen molar-refractivity contribution in [1.29, 1.82) is 0 Å². The number of rotatable bonds is 6. The van der Waals surface area contributed by atoms with Gasteiger partial charge in [-0.2, -0.15) is 10.2 Å². The zero-order valence-corrected chi connectivity index (χ0v) is 12.4. The molecule has 0 fully saturated rings. The maximum Gasteiger partial charge on any atom is 0.140 e. The SMILES string of the molecule is CC(C)CN(CCC(N)=NO)c1cnnc2ccccc12. The van der Waals surface area contributed by atoms with Crippen molar-refractivity contribution in [3.8, 4) is 0 Å². The summed E-state index contributed by atoms with van der Waals surface area (Å²) in [6.45, 7) is 5.86. The molecule has 3 N–H and O–H groups in total. The molecule has 0 aliphatic heterocycles. The first-order valence-corrected chi connectivity index (χ1v) is 7.03. The summed E-state index contributed by atoms with van der Waals surface area (Å²) in [7, 11) is 0. The molecule has 0 radical (unpaired) electrons. The zero-order valence-electron chi connectivity index (χ0n) is 12.4. The van der Waals surface area contributed by atoms with E-state index in [-0.39, 0.29) is 5.84 Å². The second kappa shape index (κ2) is 6.88. The van der Waals surface area contributed by atoms with E-state index in [1.807, 2.05) is 24.3 Å². The van der Waals surface area contributed by atoms with Gasteiger partial charge in [-0.05, 0) is 12.0 Å². The van der Waals surface area contributed by atoms with E-state index >= 15 is 0 Å². The second-order valence-corrected chi connectivity index (χ2v) is 5.43. The topological polar surface area (TPSA) is 87.6 Å². The number of nitrogens with zero attached hydrogens (tertiary/aromatic N) is 4. The van der Waals surface area contributed by atoms with Gasteiger partial charge in [0.2, 0.25) is 0 Å². The van der Waals surface area contributed by atoms with Crippen LogP contribution in [0.1, 0.15) is 20.3 Å². The molecule has 0 unspecified atom stereocenters. The lowest BCUT2D eigenvalue weighted by Gasteiger charge is -2.27. The van der Waals surface area contributed by atoms with E-state index in [9.17, 15) is 0 Å². The van der Waals surface area contributed by atoms with E-state index in [0.29, 0.717) is 18.9 Å². The highest BCUT2D eigenvalue weighted by atomic mass is 16.4. The molecule has 1 heterocycles. The number of amidine groups is 1. The number of nitrogens with two attached hydrogens (primary N) is 1. The summed E-state index contributed by atoms with van der Waals surface area (Å²) < 4.78 is 0. The van der Waals surface area contributed by atoms with E-state index in [1.165, 1.54) is 0 Å². The lowest BCUT2D eigenvalue weighted by molar-refractivity contribution is 0.317. The third kappa shape index (κ3) is 3.81. The third-order valence-electron chi connectivity index (χ3n) is 3.22. The molecule has 6 nitrogen and oxygen atoms in total. The molecule has 0 aliphatic rings. The summed E-state index contributed by atoms with van der Waals surface area (Å²) in [4.78, 5) is 2.21. The molecule has 0 spiro atoms. The fraction of sp³-hybridized carbons (Fsp3) is 0.400. The van der Waals surface area contributed by atoms with E-state index in [0.717, 1.165) is 23.1 Å². The van der Waals surface area contributed by atoms with Gasteiger partial charge in [0.15, 0.2) is 0 Å². The summed E-state index contributed by atoms with van der Waals surface area (Å²) in [5, 5.41) is 21.0. The maximum absolute atomic E-state index is 8.69. The summed E-state index contributed by atoms with van der Waals surface area (Å²) in [5.41, 5.74) is 7.48. The van der Waals surface area contributed by atoms with Gasteiger partial charge in [0.1, 0.15) is 5.84 Å². The first-order chi connectivity index (χ1) is 10.1. The Hall–Kier alpha value is -2.37. The van der Waals surface area contributed by atoms with Crippen LogP contribution in [-0.4, -0.2) is 34.3 Å². The molecule has 0 saturated heterocycles. The predicted molar refractivity (Wildman–Crippen MR) is 84.6 cm³/mol. The minimum Gasteiger partial charge on any atom is -0.409 e. The molecule has 0 amide bonds. The standard InChI is InChI=1S/C15H21N5O/c1-11(2)10-20(8-7-15(16)19-21)14-9-17-18-13-6-4-3-5-12(13)14/h3-6,9,11,21H,7-8,10H2,1-2H3,(H2,16,19). The minimum atomic E-state index is 0.232. The molecule has 0 aliphatic carbocycles. The van der Waals surface area contributed by atoms with E-state index in [2.05, 4.69) is 34.1 Å². The minimum absolute atomic E-state index is 0.232. The molecule has 0 bridgehead atoms. The van der Waals surface area contributed by atoms with Crippen LogP contribution in [0.4, 0.5) is 5.69 Å². The number of hydrogen-bond acceptors (Lipinski definition) is 5. The number of anilines is 1. The largest absolute Gasteiger partial charge is 0.409 e. The Bertz CT molecular complexity index is 621. The fourth-order valence-electron chi connectivity index (χ4n) is 2.30. The summed E-state index contributed by atoms with van der Waals surface area (Å²) in [6.07, 6.45) is 2.27. The van der Waals surface area contributed by atoms with Crippen molar-refractivity contribution in [3.05, 3.63) is 30.5 Å². The molecule has 2 rings (SSSR count). The van der Waals surface area contributed by atoms with Crippen molar-refractivity contribution in [1.82, 2.24) is 10.2 Å². The number of fused-ring (bicyclic) bond motifs is 1. The van der Waals surface area contributed by atoms with Gasteiger partial charge in [0.25, 0.3) is 0 Å². The van der Waals surface area contributed by atoms with Crippen LogP contribution in [0.3, 0.4) is 0 Å². The molecule has 0 saturated carbocycles. The van der Waals surface area contributed by atoms with Gasteiger partial charge in [0, 0.05) is 24.9 Å². The zero-order chi connectivity index (χ0) is 15.2. The van der Waals surface area contributed by atoms with Gasteiger partial charge in [-0.15, -0.1) is 0 Å². The van der Waals surface area contributed by atoms with E-state index in [1.54, 1.807) is 6.20 Å². The van der Waals surface area contributed by atoms with Crippen molar-refractivity contribution in [2.75, 3.05) is 18.0 Å². The fourth-order valence-corrected chi connectivity index (χ4v) is 2.30. The predicted octanol–water partition coefficient (Wildman–Crippen LogP) is 2.23. The molecule has 6 heteroatoms. The molecule has 21 heavy (non-hydrogen) atoms. The Kier molecular flexibility index (Phi) is 4.92. The highest BCUT2D eigenvalue weighted by molar-refractivity contribution is 5.91. The van der Waals surface area contributed by atoms with E-state index in [4.69, 9.17) is 10.9 Å². The van der Waals surface area contributed by atoms with Crippen molar-refractivity contribution in [2.45, 2.75) is 20.3 Å². The molecule has 1 aromatic carbocycles. The van der Waals surface area contributed by atoms with Crippen LogP contribution < -0.4 is 10.6 Å². The molecular formula is C15H21N5O. The van der Waals surface area contributed by atoms with Gasteiger partial charge in [0.05, 0.1) is 17.4 Å². The average Bonchev–Trinajstić information content (AvgIpc) is 2.50. The van der Waals surface area contributed by atoms with Gasteiger partial charge in [-0.25, -0.2) is 0 Å². The van der Waals surface area contributed by atoms with Gasteiger partial charge in [-0.1, -0.05) is 37.2 Å². The number of oxime groups is 1. The van der Waals surface area contributed by atoms with Crippen molar-refractivity contribution in [2.24, 2.45) is 16.8 Å². The lowest BCUT2D eigenvalue weighted by atomic mass is 10.1. The summed E-state index contributed by atoms with van der Waals surface area (Å²) in [5.74, 6) is 0.722. The monoisotopic (exact) mass is 287 g/mol. The lowest BCUT2D eigenvalue weighted by Crippen LogP contribution is -2.31. The normalized spacial score (nSPS) is 12.0. The highest BCUT2D eigenvalue weighted by Gasteiger charge is 2.13. The van der Waals surface area contributed by atoms with Gasteiger partial charge in [-0.3, -0.25) is 0 Å². The Morgan fingerprint density at radius 2 is 2.14 bits per heavy atom. The van der Waals surface area contributed by atoms with Gasteiger partial charge < -0.3 is 15.8 Å². The first kappa shape index (κ1) is 15.0. The summed E-state index contributed by atoms with van der Waals surface area (Å²) in [6, 6.07) is 7.92. The Labute approximate surface area is 124 Å². The number of hydrogen-bond donors (Lipinski definition) is 2. The highest BCUT2D eigenvalue weighted by Crippen LogP contribution is 2.25. The third-order valence-corrected chi connectivity index (χ3v) is 3.22. The van der Waals surface area contributed by atoms with E-state index < -0.39 is 0 Å². The number of benzene rings is 1. The van der Waals surface area contributed by atoms with Crippen molar-refractivity contribution >= 4 is 22.4 Å². The molecular weight excluding hydrogens is 266 g/mol. The maximum atomic E-state index is 8.69. The van der Waals surface area contributed by atoms with Crippen LogP contribution in [0, 0.1) is 5.92 Å². The van der Waals surface area contributed by atoms with Crippen LogP contribution in [0.2, 0.25) is 0 Å². The summed E-state index contributed by atoms with van der Waals surface area (Å²) >= 11 is 0. The van der Waals surface area contributed by atoms with Crippen LogP contribution >= 0.6 is 0 Å². The van der Waals surface area contributed by atoms with Crippen molar-refractivity contribution < 1.29 is 5.21 Å². The first-order valence-electron chi connectivity index (χ1n) is 7.03. The van der Waals surface area contributed by atoms with Crippen LogP contribution in [0.15, 0.2) is 35.6 Å². The van der Waals surface area contributed by atoms with Gasteiger partial charge >= 0.3 is 0 Å². The second-order valence-electron chi connectivity index (χ2n) is 5.43. The molecule has 0 atom stereocenters. The van der Waals surface area contributed by atoms with Crippen LogP contribution in [-0.2, 0) is 0 Å². The Morgan fingerprint density at radius 3 is 2.86 bits per heavy atom. The Balaban J connectivity index is 2.33. The quantitative estimate of drug-likeness (QED) is 0.368. The Morgan fingerprint density at radius 1 is 1.38 bits per heavy atom. The smallest absolute Gasteiger partial charge is 0.140 e. The molecule has 112 valence electrons. The van der Waals surface area contributed by atoms with Crippen LogP contribution in [0.25, 0.3) is 10.9 Å².